The van der Waals surface area contributed by atoms with Crippen LogP contribution in [-0.4, -0.2) is 73.8 Å². The summed E-state index contributed by atoms with van der Waals surface area (Å²) in [5, 5.41) is 23.2. The Morgan fingerprint density at radius 2 is 1.79 bits per heavy atom. The van der Waals surface area contributed by atoms with Gasteiger partial charge >= 0.3 is 0 Å². The fourth-order valence-corrected chi connectivity index (χ4v) is 6.07. The molecule has 2 bridgehead atoms. The summed E-state index contributed by atoms with van der Waals surface area (Å²) in [6, 6.07) is 5.04. The van der Waals surface area contributed by atoms with Crippen LogP contribution in [0.5, 0.6) is 17.5 Å². The molecule has 0 radical (unpaired) electrons. The van der Waals surface area contributed by atoms with E-state index in [2.05, 4.69) is 42.3 Å². The van der Waals surface area contributed by atoms with Crippen molar-refractivity contribution in [3.63, 3.8) is 0 Å². The number of ether oxygens (including phenoxy) is 2. The van der Waals surface area contributed by atoms with Crippen LogP contribution in [0.4, 0.5) is 10.3 Å². The maximum absolute atomic E-state index is 15.8. The molecule has 0 unspecified atom stereocenters. The fraction of sp³-hybridized carbons (Fsp3) is 0.519. The summed E-state index contributed by atoms with van der Waals surface area (Å²) in [5.41, 5.74) is 1.44. The van der Waals surface area contributed by atoms with Crippen LogP contribution >= 0.6 is 0 Å². The summed E-state index contributed by atoms with van der Waals surface area (Å²) in [4.78, 5) is 15.3. The van der Waals surface area contributed by atoms with E-state index in [9.17, 15) is 5.11 Å². The molecule has 38 heavy (non-hydrogen) atoms. The van der Waals surface area contributed by atoms with E-state index in [1.54, 1.807) is 30.6 Å². The molecule has 0 amide bonds. The van der Waals surface area contributed by atoms with Gasteiger partial charge in [0, 0.05) is 28.2 Å². The number of rotatable bonds is 7. The van der Waals surface area contributed by atoms with E-state index in [-0.39, 0.29) is 35.1 Å². The van der Waals surface area contributed by atoms with Crippen molar-refractivity contribution in [2.75, 3.05) is 19.1 Å². The molecular formula is C27H32FN7O3. The number of benzene rings is 1. The Morgan fingerprint density at radius 3 is 2.45 bits per heavy atom. The Hall–Kier alpha value is -3.60. The third-order valence-electron chi connectivity index (χ3n) is 8.13. The highest BCUT2D eigenvalue weighted by Gasteiger charge is 2.58. The summed E-state index contributed by atoms with van der Waals surface area (Å²) in [5.74, 6) is 0.966. The van der Waals surface area contributed by atoms with Crippen molar-refractivity contribution in [1.82, 2.24) is 30.5 Å². The largest absolute Gasteiger partial charge is 0.507 e. The van der Waals surface area contributed by atoms with Crippen molar-refractivity contribution < 1.29 is 19.0 Å². The van der Waals surface area contributed by atoms with Gasteiger partial charge in [0.2, 0.25) is 5.95 Å². The molecule has 2 N–H and O–H groups in total. The van der Waals surface area contributed by atoms with Gasteiger partial charge in [0.05, 0.1) is 38.3 Å². The van der Waals surface area contributed by atoms with Crippen molar-refractivity contribution >= 4 is 5.95 Å². The Balaban J connectivity index is 1.26. The van der Waals surface area contributed by atoms with Crippen molar-refractivity contribution in [3.8, 4) is 40.0 Å². The van der Waals surface area contributed by atoms with E-state index in [0.717, 1.165) is 25.7 Å². The van der Waals surface area contributed by atoms with Crippen LogP contribution in [0.2, 0.25) is 0 Å². The maximum Gasteiger partial charge on any atom is 0.278 e. The highest BCUT2D eigenvalue weighted by molar-refractivity contribution is 5.72. The molecule has 4 heterocycles. The molecule has 0 spiro atoms. The molecule has 1 aromatic carbocycles. The number of hydrogen-bond acceptors (Lipinski definition) is 10. The van der Waals surface area contributed by atoms with Gasteiger partial charge in [0.15, 0.2) is 0 Å². The van der Waals surface area contributed by atoms with E-state index < -0.39 is 11.7 Å². The van der Waals surface area contributed by atoms with Gasteiger partial charge in [0.25, 0.3) is 11.8 Å². The number of anilines is 1. The molecule has 200 valence electrons. The van der Waals surface area contributed by atoms with E-state index in [1.807, 2.05) is 6.92 Å². The Morgan fingerprint density at radius 1 is 1.03 bits per heavy atom. The van der Waals surface area contributed by atoms with Crippen LogP contribution in [0.15, 0.2) is 30.6 Å². The van der Waals surface area contributed by atoms with E-state index in [4.69, 9.17) is 9.47 Å². The summed E-state index contributed by atoms with van der Waals surface area (Å²) >= 11 is 0. The Bertz CT molecular complexity index is 1350. The molecule has 6 rings (SSSR count). The normalized spacial score (nSPS) is 28.2. The first kappa shape index (κ1) is 24.7. The van der Waals surface area contributed by atoms with E-state index >= 15 is 4.39 Å². The number of piperidine rings is 1. The van der Waals surface area contributed by atoms with Gasteiger partial charge in [-0.25, -0.2) is 19.3 Å². The number of aromatic nitrogens is 5. The molecule has 10 nitrogen and oxygen atoms in total. The van der Waals surface area contributed by atoms with E-state index in [0.29, 0.717) is 34.9 Å². The molecule has 3 aliphatic rings. The number of halogens is 1. The quantitative estimate of drug-likeness (QED) is 0.476. The fourth-order valence-electron chi connectivity index (χ4n) is 6.07. The lowest BCUT2D eigenvalue weighted by molar-refractivity contribution is 0.0828. The smallest absolute Gasteiger partial charge is 0.278 e. The number of alkyl halides is 1. The Labute approximate surface area is 220 Å². The van der Waals surface area contributed by atoms with Crippen LogP contribution in [0.25, 0.3) is 22.5 Å². The highest BCUT2D eigenvalue weighted by Crippen LogP contribution is 2.47. The molecule has 3 aromatic rings. The molecule has 11 heteroatoms. The van der Waals surface area contributed by atoms with Crippen LogP contribution in [-0.2, 0) is 0 Å². The number of phenolic OH excluding ortho intramolecular Hbond substituents is 1. The lowest BCUT2D eigenvalue weighted by Gasteiger charge is -2.48. The molecule has 2 aliphatic heterocycles. The number of nitrogens with zero attached hydrogens (tertiary/aromatic N) is 6. The minimum absolute atomic E-state index is 0.00147. The van der Waals surface area contributed by atoms with Gasteiger partial charge in [-0.05, 0) is 58.1 Å². The van der Waals surface area contributed by atoms with Crippen LogP contribution < -0.4 is 19.7 Å². The van der Waals surface area contributed by atoms with Gasteiger partial charge in [-0.1, -0.05) is 6.07 Å². The number of phenols is 1. The first-order chi connectivity index (χ1) is 18.2. The number of hydrogen-bond donors (Lipinski definition) is 2. The maximum atomic E-state index is 15.8. The zero-order valence-corrected chi connectivity index (χ0v) is 22.0. The monoisotopic (exact) mass is 521 g/mol. The van der Waals surface area contributed by atoms with Gasteiger partial charge < -0.3 is 24.8 Å². The average Bonchev–Trinajstić information content (AvgIpc) is 3.71. The minimum Gasteiger partial charge on any atom is -0.507 e. The molecule has 2 aromatic heterocycles. The number of aromatic hydroxyl groups is 1. The Kier molecular flexibility index (Phi) is 5.86. The molecule has 2 saturated heterocycles. The summed E-state index contributed by atoms with van der Waals surface area (Å²) in [6.07, 6.45) is 6.58. The first-order valence-corrected chi connectivity index (χ1v) is 12.9. The van der Waals surface area contributed by atoms with Crippen molar-refractivity contribution in [2.24, 2.45) is 0 Å². The second-order valence-corrected chi connectivity index (χ2v) is 11.1. The predicted octanol–water partition coefficient (Wildman–Crippen LogP) is 3.70. The lowest BCUT2D eigenvalue weighted by atomic mass is 9.82. The van der Waals surface area contributed by atoms with Crippen molar-refractivity contribution in [3.05, 3.63) is 30.6 Å². The number of methoxy groups -OCH3 is 2. The third-order valence-corrected chi connectivity index (χ3v) is 8.13. The zero-order chi connectivity index (χ0) is 26.7. The SMILES string of the molecule is COc1ncc(-c2ccc(-c3cnc(N(C4CC4)[C@H]4C[C@]5(C)CC[C@@](C)(N5)[C@H]4F)nn3)c(O)c2)nc1OC. The first-order valence-electron chi connectivity index (χ1n) is 12.9. The van der Waals surface area contributed by atoms with Gasteiger partial charge in [-0.2, -0.15) is 0 Å². The molecular weight excluding hydrogens is 489 g/mol. The average molecular weight is 522 g/mol. The van der Waals surface area contributed by atoms with Crippen LogP contribution in [0.3, 0.4) is 0 Å². The topological polar surface area (TPSA) is 118 Å². The van der Waals surface area contributed by atoms with Crippen molar-refractivity contribution in [1.29, 1.82) is 0 Å². The van der Waals surface area contributed by atoms with Gasteiger partial charge in [-0.3, -0.25) is 0 Å². The summed E-state index contributed by atoms with van der Waals surface area (Å²) < 4.78 is 26.2. The summed E-state index contributed by atoms with van der Waals surface area (Å²) in [7, 11) is 2.98. The second kappa shape index (κ2) is 9.00. The standard InChI is InChI=1S/C27H32FN7O3/c1-26-9-10-27(2,34-26)22(28)20(12-26)35(16-6-7-16)25-30-14-19(32-33-25)17-8-5-15(11-21(17)36)18-13-29-23(37-3)24(31-18)38-4/h5,8,11,13-14,16,20,22,34,36H,6-7,9-10,12H2,1-4H3/t20-,22-,26-,27+/m0/s1. The minimum atomic E-state index is -1.03. The predicted molar refractivity (Wildman–Crippen MR) is 139 cm³/mol. The molecule has 1 aliphatic carbocycles. The lowest BCUT2D eigenvalue weighted by Crippen LogP contribution is -2.66. The highest BCUT2D eigenvalue weighted by atomic mass is 19.1. The van der Waals surface area contributed by atoms with Crippen molar-refractivity contribution in [2.45, 2.75) is 75.3 Å². The number of fused-ring (bicyclic) bond motifs is 2. The second-order valence-electron chi connectivity index (χ2n) is 11.1. The van der Waals surface area contributed by atoms with Crippen LogP contribution in [0, 0.1) is 0 Å². The van der Waals surface area contributed by atoms with Gasteiger partial charge in [0.1, 0.15) is 17.6 Å². The van der Waals surface area contributed by atoms with Crippen LogP contribution in [0.1, 0.15) is 46.0 Å². The van der Waals surface area contributed by atoms with Gasteiger partial charge in [-0.15, -0.1) is 10.2 Å². The molecule has 1 saturated carbocycles. The van der Waals surface area contributed by atoms with E-state index in [1.165, 1.54) is 14.2 Å². The zero-order valence-electron chi connectivity index (χ0n) is 22.0. The summed E-state index contributed by atoms with van der Waals surface area (Å²) in [6.45, 7) is 4.17. The third kappa shape index (κ3) is 4.18. The number of nitrogens with one attached hydrogen (secondary N) is 1. The molecule has 4 atom stereocenters. The molecule has 3 fully saturated rings.